The SMILES string of the molecule is COC(=O)c1cnc(-c2ccc(C)c(F)c2)nc1N. The third-order valence-corrected chi connectivity index (χ3v) is 2.65. The maximum Gasteiger partial charge on any atom is 0.343 e. The molecule has 0 saturated heterocycles. The lowest BCUT2D eigenvalue weighted by Crippen LogP contribution is -2.09. The number of anilines is 1. The lowest BCUT2D eigenvalue weighted by atomic mass is 10.1. The summed E-state index contributed by atoms with van der Waals surface area (Å²) in [5, 5.41) is 0. The smallest absolute Gasteiger partial charge is 0.343 e. The Balaban J connectivity index is 2.44. The molecule has 0 aliphatic heterocycles. The second kappa shape index (κ2) is 5.01. The third kappa shape index (κ3) is 2.52. The fourth-order valence-corrected chi connectivity index (χ4v) is 1.53. The van der Waals surface area contributed by atoms with E-state index in [9.17, 15) is 9.18 Å². The van der Waals surface area contributed by atoms with Crippen LogP contribution in [0.4, 0.5) is 10.2 Å². The average molecular weight is 261 g/mol. The molecule has 0 amide bonds. The number of halogens is 1. The number of carbonyl (C=O) groups is 1. The Morgan fingerprint density at radius 1 is 1.42 bits per heavy atom. The molecule has 0 spiro atoms. The third-order valence-electron chi connectivity index (χ3n) is 2.65. The van der Waals surface area contributed by atoms with Crippen molar-refractivity contribution in [3.8, 4) is 11.4 Å². The molecule has 2 rings (SSSR count). The summed E-state index contributed by atoms with van der Waals surface area (Å²) in [6.07, 6.45) is 1.27. The Hall–Kier alpha value is -2.50. The van der Waals surface area contributed by atoms with Gasteiger partial charge in [0.1, 0.15) is 17.2 Å². The molecular formula is C13H12FN3O2. The molecule has 2 N–H and O–H groups in total. The molecule has 0 radical (unpaired) electrons. The predicted molar refractivity (Wildman–Crippen MR) is 67.9 cm³/mol. The molecule has 1 heterocycles. The second-order valence-electron chi connectivity index (χ2n) is 3.95. The van der Waals surface area contributed by atoms with E-state index in [4.69, 9.17) is 5.73 Å². The Labute approximate surface area is 109 Å². The molecule has 0 aliphatic rings. The molecule has 0 atom stereocenters. The topological polar surface area (TPSA) is 78.1 Å². The first-order chi connectivity index (χ1) is 9.02. The van der Waals surface area contributed by atoms with Crippen LogP contribution in [0.2, 0.25) is 0 Å². The first-order valence-corrected chi connectivity index (χ1v) is 5.50. The van der Waals surface area contributed by atoms with Crippen molar-refractivity contribution in [1.29, 1.82) is 0 Å². The summed E-state index contributed by atoms with van der Waals surface area (Å²) >= 11 is 0. The van der Waals surface area contributed by atoms with Gasteiger partial charge in [-0.15, -0.1) is 0 Å². The van der Waals surface area contributed by atoms with Crippen LogP contribution in [0.25, 0.3) is 11.4 Å². The lowest BCUT2D eigenvalue weighted by molar-refractivity contribution is 0.0601. The number of rotatable bonds is 2. The zero-order valence-corrected chi connectivity index (χ0v) is 10.5. The van der Waals surface area contributed by atoms with Gasteiger partial charge in [-0.3, -0.25) is 0 Å². The second-order valence-corrected chi connectivity index (χ2v) is 3.95. The van der Waals surface area contributed by atoms with Gasteiger partial charge in [0.05, 0.1) is 7.11 Å². The zero-order valence-electron chi connectivity index (χ0n) is 10.5. The Kier molecular flexibility index (Phi) is 3.41. The summed E-state index contributed by atoms with van der Waals surface area (Å²) in [6.45, 7) is 1.66. The van der Waals surface area contributed by atoms with E-state index in [1.807, 2.05) is 0 Å². The van der Waals surface area contributed by atoms with Gasteiger partial charge >= 0.3 is 5.97 Å². The van der Waals surface area contributed by atoms with Crippen LogP contribution in [0.15, 0.2) is 24.4 Å². The van der Waals surface area contributed by atoms with Gasteiger partial charge in [-0.25, -0.2) is 19.2 Å². The standard InChI is InChI=1S/C13H12FN3O2/c1-7-3-4-8(5-10(7)14)12-16-6-9(11(15)17-12)13(18)19-2/h3-6H,1-2H3,(H2,15,16,17). The van der Waals surface area contributed by atoms with Crippen LogP contribution >= 0.6 is 0 Å². The minimum Gasteiger partial charge on any atom is -0.465 e. The van der Waals surface area contributed by atoms with E-state index in [1.165, 1.54) is 19.4 Å². The van der Waals surface area contributed by atoms with E-state index in [2.05, 4.69) is 14.7 Å². The van der Waals surface area contributed by atoms with Crippen molar-refractivity contribution in [1.82, 2.24) is 9.97 Å². The first-order valence-electron chi connectivity index (χ1n) is 5.50. The van der Waals surface area contributed by atoms with E-state index in [0.717, 1.165) is 0 Å². The highest BCUT2D eigenvalue weighted by molar-refractivity contribution is 5.93. The summed E-state index contributed by atoms with van der Waals surface area (Å²) in [5.74, 6) is -0.710. The van der Waals surface area contributed by atoms with Crippen LogP contribution in [-0.4, -0.2) is 23.0 Å². The molecule has 0 aliphatic carbocycles. The first kappa shape index (κ1) is 12.9. The molecular weight excluding hydrogens is 249 g/mol. The molecule has 98 valence electrons. The van der Waals surface area contributed by atoms with Crippen LogP contribution < -0.4 is 5.73 Å². The van der Waals surface area contributed by atoms with E-state index < -0.39 is 5.97 Å². The monoisotopic (exact) mass is 261 g/mol. The number of benzene rings is 1. The highest BCUT2D eigenvalue weighted by Crippen LogP contribution is 2.20. The Morgan fingerprint density at radius 3 is 2.74 bits per heavy atom. The van der Waals surface area contributed by atoms with Crippen molar-refractivity contribution in [2.75, 3.05) is 12.8 Å². The number of hydrogen-bond acceptors (Lipinski definition) is 5. The number of esters is 1. The molecule has 19 heavy (non-hydrogen) atoms. The number of carbonyl (C=O) groups excluding carboxylic acids is 1. The number of methoxy groups -OCH3 is 1. The molecule has 1 aromatic carbocycles. The van der Waals surface area contributed by atoms with E-state index >= 15 is 0 Å². The minimum absolute atomic E-state index is 0.00201. The molecule has 0 bridgehead atoms. The van der Waals surface area contributed by atoms with Gasteiger partial charge in [-0.2, -0.15) is 0 Å². The van der Waals surface area contributed by atoms with Crippen molar-refractivity contribution < 1.29 is 13.9 Å². The number of nitrogens with zero attached hydrogens (tertiary/aromatic N) is 2. The molecule has 2 aromatic rings. The lowest BCUT2D eigenvalue weighted by Gasteiger charge is -2.06. The molecule has 0 saturated carbocycles. The van der Waals surface area contributed by atoms with Crippen LogP contribution in [-0.2, 0) is 4.74 Å². The Bertz CT molecular complexity index is 644. The quantitative estimate of drug-likeness (QED) is 0.836. The minimum atomic E-state index is -0.612. The fourth-order valence-electron chi connectivity index (χ4n) is 1.53. The van der Waals surface area contributed by atoms with Gasteiger partial charge in [0.2, 0.25) is 0 Å². The summed E-state index contributed by atoms with van der Waals surface area (Å²) in [7, 11) is 1.24. The van der Waals surface area contributed by atoms with Gasteiger partial charge in [-0.1, -0.05) is 12.1 Å². The molecule has 0 fully saturated rings. The summed E-state index contributed by atoms with van der Waals surface area (Å²) < 4.78 is 18.0. The van der Waals surface area contributed by atoms with Crippen molar-refractivity contribution in [3.05, 3.63) is 41.3 Å². The zero-order chi connectivity index (χ0) is 14.0. The number of nitrogens with two attached hydrogens (primary N) is 1. The van der Waals surface area contributed by atoms with Gasteiger partial charge in [-0.05, 0) is 18.6 Å². The maximum absolute atomic E-state index is 13.5. The van der Waals surface area contributed by atoms with Gasteiger partial charge in [0, 0.05) is 11.8 Å². The van der Waals surface area contributed by atoms with E-state index in [-0.39, 0.29) is 23.0 Å². The van der Waals surface area contributed by atoms with Crippen LogP contribution in [0.1, 0.15) is 15.9 Å². The molecule has 1 aromatic heterocycles. The highest BCUT2D eigenvalue weighted by atomic mass is 19.1. The number of hydrogen-bond donors (Lipinski definition) is 1. The molecule has 0 unspecified atom stereocenters. The van der Waals surface area contributed by atoms with Gasteiger partial charge in [0.15, 0.2) is 5.82 Å². The van der Waals surface area contributed by atoms with Crippen molar-refractivity contribution in [2.45, 2.75) is 6.92 Å². The van der Waals surface area contributed by atoms with Gasteiger partial charge < -0.3 is 10.5 Å². The van der Waals surface area contributed by atoms with Gasteiger partial charge in [0.25, 0.3) is 0 Å². The number of nitrogen functional groups attached to an aromatic ring is 1. The molecule has 6 heteroatoms. The molecule has 5 nitrogen and oxygen atoms in total. The van der Waals surface area contributed by atoms with Crippen molar-refractivity contribution in [2.24, 2.45) is 0 Å². The maximum atomic E-state index is 13.5. The highest BCUT2D eigenvalue weighted by Gasteiger charge is 2.14. The van der Waals surface area contributed by atoms with Crippen LogP contribution in [0.3, 0.4) is 0 Å². The fraction of sp³-hybridized carbons (Fsp3) is 0.154. The predicted octanol–water partition coefficient (Wildman–Crippen LogP) is 1.96. The number of aryl methyl sites for hydroxylation is 1. The summed E-state index contributed by atoms with van der Waals surface area (Å²) in [4.78, 5) is 19.3. The summed E-state index contributed by atoms with van der Waals surface area (Å²) in [5.41, 5.74) is 6.76. The van der Waals surface area contributed by atoms with Crippen LogP contribution in [0, 0.1) is 12.7 Å². The number of aromatic nitrogens is 2. The number of ether oxygens (including phenoxy) is 1. The normalized spacial score (nSPS) is 10.3. The van der Waals surface area contributed by atoms with Crippen LogP contribution in [0.5, 0.6) is 0 Å². The van der Waals surface area contributed by atoms with Crippen molar-refractivity contribution in [3.63, 3.8) is 0 Å². The Morgan fingerprint density at radius 2 is 2.16 bits per heavy atom. The van der Waals surface area contributed by atoms with Crippen molar-refractivity contribution >= 4 is 11.8 Å². The largest absolute Gasteiger partial charge is 0.465 e. The van der Waals surface area contributed by atoms with E-state index in [0.29, 0.717) is 11.1 Å². The summed E-state index contributed by atoms with van der Waals surface area (Å²) in [6, 6.07) is 4.63. The average Bonchev–Trinajstić information content (AvgIpc) is 2.41. The van der Waals surface area contributed by atoms with E-state index in [1.54, 1.807) is 19.1 Å².